The van der Waals surface area contributed by atoms with Crippen LogP contribution < -0.4 is 0 Å². The fourth-order valence-corrected chi connectivity index (χ4v) is 3.71. The van der Waals surface area contributed by atoms with Crippen molar-refractivity contribution >= 4 is 21.8 Å². The molecule has 1 aromatic carbocycles. The van der Waals surface area contributed by atoms with Crippen LogP contribution in [0.15, 0.2) is 16.6 Å². The van der Waals surface area contributed by atoms with E-state index in [0.29, 0.717) is 29.4 Å². The summed E-state index contributed by atoms with van der Waals surface area (Å²) in [4.78, 5) is 13.9. The molecule has 1 heterocycles. The number of amides is 1. The Bertz CT molecular complexity index is 499. The number of fused-ring (bicyclic) bond motifs is 1. The number of likely N-dealkylation sites (tertiary alicyclic amines) is 1. The molecule has 0 spiro atoms. The summed E-state index contributed by atoms with van der Waals surface area (Å²) in [6, 6.07) is 2.26. The summed E-state index contributed by atoms with van der Waals surface area (Å²) in [7, 11) is 0. The first-order valence-electron chi connectivity index (χ1n) is 6.50. The number of hydrogen-bond acceptors (Lipinski definition) is 1. The van der Waals surface area contributed by atoms with Gasteiger partial charge in [-0.2, -0.15) is 0 Å². The van der Waals surface area contributed by atoms with Crippen molar-refractivity contribution in [1.29, 1.82) is 0 Å². The molecule has 2 aliphatic rings. The van der Waals surface area contributed by atoms with Crippen LogP contribution in [0.4, 0.5) is 8.78 Å². The molecule has 1 saturated carbocycles. The lowest BCUT2D eigenvalue weighted by molar-refractivity contribution is 0.0771. The fraction of sp³-hybridized carbons (Fsp3) is 0.500. The second-order valence-electron chi connectivity index (χ2n) is 5.41. The van der Waals surface area contributed by atoms with Gasteiger partial charge in [0.25, 0.3) is 5.91 Å². The molecule has 0 N–H and O–H groups in total. The summed E-state index contributed by atoms with van der Waals surface area (Å²) < 4.78 is 27.9. The first kappa shape index (κ1) is 13.0. The molecular weight excluding hydrogens is 316 g/mol. The molecule has 1 saturated heterocycles. The van der Waals surface area contributed by atoms with E-state index in [4.69, 9.17) is 0 Å². The maximum atomic E-state index is 13.8. The first-order chi connectivity index (χ1) is 9.06. The van der Waals surface area contributed by atoms with Crippen LogP contribution >= 0.6 is 15.9 Å². The van der Waals surface area contributed by atoms with Gasteiger partial charge in [0.1, 0.15) is 17.2 Å². The van der Waals surface area contributed by atoms with Gasteiger partial charge in [-0.25, -0.2) is 8.78 Å². The second-order valence-corrected chi connectivity index (χ2v) is 6.32. The Labute approximate surface area is 118 Å². The Morgan fingerprint density at radius 2 is 1.68 bits per heavy atom. The van der Waals surface area contributed by atoms with E-state index in [1.807, 2.05) is 0 Å². The van der Waals surface area contributed by atoms with E-state index in [2.05, 4.69) is 15.9 Å². The molecule has 0 bridgehead atoms. The van der Waals surface area contributed by atoms with Crippen LogP contribution in [0, 0.1) is 23.5 Å². The number of carbonyl (C=O) groups is 1. The van der Waals surface area contributed by atoms with Crippen LogP contribution in [-0.2, 0) is 0 Å². The smallest absolute Gasteiger partial charge is 0.259 e. The van der Waals surface area contributed by atoms with Crippen molar-refractivity contribution in [1.82, 2.24) is 4.90 Å². The number of halogens is 3. The Morgan fingerprint density at radius 1 is 1.16 bits per heavy atom. The summed E-state index contributed by atoms with van der Waals surface area (Å²) in [6.07, 6.45) is 3.46. The Hall–Kier alpha value is -0.970. The van der Waals surface area contributed by atoms with E-state index in [1.165, 1.54) is 6.42 Å². The van der Waals surface area contributed by atoms with Gasteiger partial charge < -0.3 is 4.90 Å². The third-order valence-corrected chi connectivity index (χ3v) is 4.69. The molecule has 0 radical (unpaired) electrons. The number of hydrogen-bond donors (Lipinski definition) is 0. The molecule has 0 aromatic heterocycles. The minimum Gasteiger partial charge on any atom is -0.338 e. The molecule has 19 heavy (non-hydrogen) atoms. The Balaban J connectivity index is 1.85. The number of benzene rings is 1. The van der Waals surface area contributed by atoms with Gasteiger partial charge >= 0.3 is 0 Å². The summed E-state index contributed by atoms with van der Waals surface area (Å²) in [6.45, 7) is 1.27. The van der Waals surface area contributed by atoms with Crippen molar-refractivity contribution in [2.24, 2.45) is 11.8 Å². The monoisotopic (exact) mass is 329 g/mol. The van der Waals surface area contributed by atoms with Crippen molar-refractivity contribution in [2.75, 3.05) is 13.1 Å². The Kier molecular flexibility index (Phi) is 3.33. The molecule has 3 rings (SSSR count). The highest BCUT2D eigenvalue weighted by molar-refractivity contribution is 9.10. The number of nitrogens with zero attached hydrogens (tertiary/aromatic N) is 1. The third-order valence-electron chi connectivity index (χ3n) is 4.23. The Morgan fingerprint density at radius 3 is 2.21 bits per heavy atom. The highest BCUT2D eigenvalue weighted by atomic mass is 79.9. The third kappa shape index (κ3) is 2.29. The van der Waals surface area contributed by atoms with Crippen LogP contribution in [0.25, 0.3) is 0 Å². The van der Waals surface area contributed by atoms with Crippen molar-refractivity contribution in [3.8, 4) is 0 Å². The van der Waals surface area contributed by atoms with Crippen molar-refractivity contribution in [3.05, 3.63) is 33.8 Å². The average Bonchev–Trinajstić information content (AvgIpc) is 2.86. The summed E-state index contributed by atoms with van der Waals surface area (Å²) in [5, 5.41) is 0. The highest BCUT2D eigenvalue weighted by Gasteiger charge is 2.39. The SMILES string of the molecule is O=C(c1c(F)cc(Br)cc1F)N1CC2CCCC2C1. The minimum atomic E-state index is -0.797. The maximum Gasteiger partial charge on any atom is 0.259 e. The predicted octanol–water partition coefficient (Wildman–Crippen LogP) is 3.60. The van der Waals surface area contributed by atoms with Gasteiger partial charge in [0.2, 0.25) is 0 Å². The molecule has 1 aromatic rings. The fourth-order valence-electron chi connectivity index (χ4n) is 3.31. The zero-order valence-corrected chi connectivity index (χ0v) is 11.9. The normalized spacial score (nSPS) is 25.7. The van der Waals surface area contributed by atoms with Crippen LogP contribution in [0.3, 0.4) is 0 Å². The van der Waals surface area contributed by atoms with E-state index in [-0.39, 0.29) is 0 Å². The van der Waals surface area contributed by atoms with Crippen LogP contribution in [0.2, 0.25) is 0 Å². The lowest BCUT2D eigenvalue weighted by atomic mass is 10.0. The quantitative estimate of drug-likeness (QED) is 0.770. The average molecular weight is 330 g/mol. The van der Waals surface area contributed by atoms with E-state index in [9.17, 15) is 13.6 Å². The van der Waals surface area contributed by atoms with Gasteiger partial charge in [0, 0.05) is 17.6 Å². The van der Waals surface area contributed by atoms with E-state index in [0.717, 1.165) is 25.0 Å². The molecule has 5 heteroatoms. The van der Waals surface area contributed by atoms with E-state index < -0.39 is 23.1 Å². The lowest BCUT2D eigenvalue weighted by Crippen LogP contribution is -2.31. The number of carbonyl (C=O) groups excluding carboxylic acids is 1. The summed E-state index contributed by atoms with van der Waals surface area (Å²) in [5.74, 6) is -1.07. The molecule has 102 valence electrons. The van der Waals surface area contributed by atoms with Crippen LogP contribution in [0.5, 0.6) is 0 Å². The molecule has 2 fully saturated rings. The van der Waals surface area contributed by atoms with Crippen molar-refractivity contribution in [3.63, 3.8) is 0 Å². The summed E-state index contributed by atoms with van der Waals surface area (Å²) >= 11 is 3.01. The van der Waals surface area contributed by atoms with Gasteiger partial charge in [-0.1, -0.05) is 22.4 Å². The topological polar surface area (TPSA) is 20.3 Å². The largest absolute Gasteiger partial charge is 0.338 e. The van der Waals surface area contributed by atoms with Gasteiger partial charge in [0.05, 0.1) is 0 Å². The van der Waals surface area contributed by atoms with Gasteiger partial charge in [0.15, 0.2) is 0 Å². The minimum absolute atomic E-state index is 0.303. The molecule has 1 aliphatic heterocycles. The van der Waals surface area contributed by atoms with Gasteiger partial charge in [-0.15, -0.1) is 0 Å². The lowest BCUT2D eigenvalue weighted by Gasteiger charge is -2.18. The zero-order valence-electron chi connectivity index (χ0n) is 10.3. The molecule has 2 nitrogen and oxygen atoms in total. The van der Waals surface area contributed by atoms with Crippen LogP contribution in [0.1, 0.15) is 29.6 Å². The maximum absolute atomic E-state index is 13.8. The van der Waals surface area contributed by atoms with E-state index >= 15 is 0 Å². The second kappa shape index (κ2) is 4.85. The molecular formula is C14H14BrF2NO. The molecule has 1 amide bonds. The van der Waals surface area contributed by atoms with Crippen molar-refractivity contribution < 1.29 is 13.6 Å². The molecule has 1 aliphatic carbocycles. The zero-order chi connectivity index (χ0) is 13.6. The predicted molar refractivity (Wildman–Crippen MR) is 70.8 cm³/mol. The van der Waals surface area contributed by atoms with Crippen LogP contribution in [-0.4, -0.2) is 23.9 Å². The molecule has 2 unspecified atom stereocenters. The first-order valence-corrected chi connectivity index (χ1v) is 7.29. The van der Waals surface area contributed by atoms with Gasteiger partial charge in [-0.05, 0) is 36.8 Å². The highest BCUT2D eigenvalue weighted by Crippen LogP contribution is 2.38. The van der Waals surface area contributed by atoms with E-state index in [1.54, 1.807) is 4.90 Å². The molecule has 2 atom stereocenters. The summed E-state index contributed by atoms with van der Waals surface area (Å²) in [5.41, 5.74) is -0.428. The number of rotatable bonds is 1. The van der Waals surface area contributed by atoms with Gasteiger partial charge in [-0.3, -0.25) is 4.79 Å². The van der Waals surface area contributed by atoms with Crippen molar-refractivity contribution in [2.45, 2.75) is 19.3 Å². The standard InChI is InChI=1S/C14H14BrF2NO/c15-10-4-11(16)13(12(17)5-10)14(19)18-6-8-2-1-3-9(8)7-18/h4-5,8-9H,1-3,6-7H2.